The number of carbonyl (C=O) groups is 2. The van der Waals surface area contributed by atoms with E-state index in [1.165, 1.54) is 0 Å². The second-order valence-corrected chi connectivity index (χ2v) is 10.8. The lowest BCUT2D eigenvalue weighted by Gasteiger charge is -2.23. The van der Waals surface area contributed by atoms with E-state index in [1.54, 1.807) is 45.6 Å². The molecular weight excluding hydrogens is 426 g/mol. The maximum atomic E-state index is 13.4. The molecule has 7 nitrogen and oxygen atoms in total. The Morgan fingerprint density at radius 2 is 1.69 bits per heavy atom. The molecule has 0 aromatic heterocycles. The molecule has 0 unspecified atom stereocenters. The van der Waals surface area contributed by atoms with Gasteiger partial charge in [0.05, 0.1) is 4.90 Å². The van der Waals surface area contributed by atoms with Gasteiger partial charge in [-0.15, -0.1) is 0 Å². The molecule has 2 aliphatic carbocycles. The van der Waals surface area contributed by atoms with Crippen LogP contribution in [0.5, 0.6) is 0 Å². The predicted octanol–water partition coefficient (Wildman–Crippen LogP) is 3.06. The van der Waals surface area contributed by atoms with Crippen molar-refractivity contribution in [1.82, 2.24) is 9.62 Å². The Hall–Kier alpha value is -2.71. The molecule has 3 aliphatic rings. The summed E-state index contributed by atoms with van der Waals surface area (Å²) in [6.07, 6.45) is 5.13. The first kappa shape index (κ1) is 21.2. The van der Waals surface area contributed by atoms with E-state index in [2.05, 4.69) is 5.32 Å². The molecule has 1 heterocycles. The first-order valence-electron chi connectivity index (χ1n) is 11.2. The molecule has 2 aromatic rings. The highest BCUT2D eigenvalue weighted by molar-refractivity contribution is 7.89. The number of amides is 2. The zero-order valence-corrected chi connectivity index (χ0v) is 18.7. The molecule has 3 fully saturated rings. The van der Waals surface area contributed by atoms with Crippen LogP contribution in [-0.4, -0.2) is 43.2 Å². The number of hydrogen-bond donors (Lipinski definition) is 1. The fraction of sp³-hybridized carbons (Fsp3) is 0.417. The molecule has 0 spiro atoms. The van der Waals surface area contributed by atoms with Gasteiger partial charge in [0.25, 0.3) is 5.91 Å². The summed E-state index contributed by atoms with van der Waals surface area (Å²) in [6, 6.07) is 14.1. The fourth-order valence-electron chi connectivity index (χ4n) is 4.07. The van der Waals surface area contributed by atoms with Gasteiger partial charge in [0, 0.05) is 42.8 Å². The van der Waals surface area contributed by atoms with Gasteiger partial charge < -0.3 is 10.2 Å². The third-order valence-electron chi connectivity index (χ3n) is 6.25. The SMILES string of the molecule is O=C(NC1CC1)c1ccc(CN(C2CC2)S(=O)(=O)c2ccc(N3CCCC3=O)cc2)cc1. The molecule has 2 saturated carbocycles. The van der Waals surface area contributed by atoms with E-state index in [1.807, 2.05) is 12.1 Å². The van der Waals surface area contributed by atoms with Crippen LogP contribution in [0.15, 0.2) is 53.4 Å². The van der Waals surface area contributed by atoms with Crippen molar-refractivity contribution in [3.8, 4) is 0 Å². The number of carbonyl (C=O) groups excluding carboxylic acids is 2. The molecule has 1 aliphatic heterocycles. The Labute approximate surface area is 188 Å². The summed E-state index contributed by atoms with van der Waals surface area (Å²) in [7, 11) is -3.67. The Kier molecular flexibility index (Phi) is 5.51. The van der Waals surface area contributed by atoms with Gasteiger partial charge in [-0.1, -0.05) is 12.1 Å². The molecule has 1 saturated heterocycles. The lowest BCUT2D eigenvalue weighted by Crippen LogP contribution is -2.33. The Bertz CT molecular complexity index is 1120. The summed E-state index contributed by atoms with van der Waals surface area (Å²) in [5.41, 5.74) is 2.18. The Balaban J connectivity index is 1.31. The number of nitrogens with one attached hydrogen (secondary N) is 1. The minimum Gasteiger partial charge on any atom is -0.349 e. The molecule has 168 valence electrons. The minimum absolute atomic E-state index is 0.00215. The predicted molar refractivity (Wildman–Crippen MR) is 121 cm³/mol. The Morgan fingerprint density at radius 1 is 1.00 bits per heavy atom. The van der Waals surface area contributed by atoms with Crippen molar-refractivity contribution in [1.29, 1.82) is 0 Å². The third kappa shape index (κ3) is 4.42. The van der Waals surface area contributed by atoms with Crippen molar-refractivity contribution < 1.29 is 18.0 Å². The molecular formula is C24H27N3O4S. The van der Waals surface area contributed by atoms with Gasteiger partial charge in [0.2, 0.25) is 15.9 Å². The van der Waals surface area contributed by atoms with Gasteiger partial charge in [-0.05, 0) is 74.1 Å². The van der Waals surface area contributed by atoms with Crippen LogP contribution in [0.3, 0.4) is 0 Å². The summed E-state index contributed by atoms with van der Waals surface area (Å²) < 4.78 is 28.4. The van der Waals surface area contributed by atoms with Gasteiger partial charge in [-0.25, -0.2) is 8.42 Å². The maximum absolute atomic E-state index is 13.4. The molecule has 0 bridgehead atoms. The average molecular weight is 454 g/mol. The van der Waals surface area contributed by atoms with Crippen LogP contribution in [0, 0.1) is 0 Å². The number of benzene rings is 2. The topological polar surface area (TPSA) is 86.8 Å². The van der Waals surface area contributed by atoms with Crippen LogP contribution in [0.1, 0.15) is 54.4 Å². The van der Waals surface area contributed by atoms with E-state index in [9.17, 15) is 18.0 Å². The van der Waals surface area contributed by atoms with Crippen LogP contribution in [0.4, 0.5) is 5.69 Å². The zero-order valence-electron chi connectivity index (χ0n) is 17.9. The molecule has 1 N–H and O–H groups in total. The second-order valence-electron chi connectivity index (χ2n) is 8.87. The summed E-state index contributed by atoms with van der Waals surface area (Å²) in [5, 5.41) is 2.96. The molecule has 0 radical (unpaired) electrons. The lowest BCUT2D eigenvalue weighted by molar-refractivity contribution is -0.117. The standard InChI is InChI=1S/C24H27N3O4S/c28-23-2-1-15-26(23)20-11-13-22(14-12-20)32(30,31)27(21-9-10-21)16-17-3-5-18(6-4-17)24(29)25-19-7-8-19/h3-6,11-14,19,21H,1-2,7-10,15-16H2,(H,25,29). The lowest BCUT2D eigenvalue weighted by atomic mass is 10.1. The molecule has 32 heavy (non-hydrogen) atoms. The number of nitrogens with zero attached hydrogens (tertiary/aromatic N) is 2. The van der Waals surface area contributed by atoms with E-state index in [0.717, 1.165) is 43.4 Å². The molecule has 2 aromatic carbocycles. The second kappa shape index (κ2) is 8.33. The van der Waals surface area contributed by atoms with Crippen LogP contribution in [-0.2, 0) is 21.4 Å². The zero-order chi connectivity index (χ0) is 22.3. The number of anilines is 1. The van der Waals surface area contributed by atoms with E-state index >= 15 is 0 Å². The number of rotatable bonds is 8. The van der Waals surface area contributed by atoms with E-state index in [-0.39, 0.29) is 29.3 Å². The largest absolute Gasteiger partial charge is 0.349 e. The van der Waals surface area contributed by atoms with Crippen LogP contribution >= 0.6 is 0 Å². The van der Waals surface area contributed by atoms with Gasteiger partial charge in [0.1, 0.15) is 0 Å². The highest BCUT2D eigenvalue weighted by Gasteiger charge is 2.38. The van der Waals surface area contributed by atoms with Gasteiger partial charge >= 0.3 is 0 Å². The van der Waals surface area contributed by atoms with E-state index in [0.29, 0.717) is 24.6 Å². The van der Waals surface area contributed by atoms with Crippen molar-refractivity contribution in [3.63, 3.8) is 0 Å². The normalized spacial score (nSPS) is 18.9. The maximum Gasteiger partial charge on any atom is 0.251 e. The fourth-order valence-corrected chi connectivity index (χ4v) is 5.74. The van der Waals surface area contributed by atoms with Crippen molar-refractivity contribution in [2.45, 2.75) is 62.0 Å². The van der Waals surface area contributed by atoms with Gasteiger partial charge in [-0.3, -0.25) is 9.59 Å². The molecule has 0 atom stereocenters. The van der Waals surface area contributed by atoms with E-state index in [4.69, 9.17) is 0 Å². The Morgan fingerprint density at radius 3 is 2.25 bits per heavy atom. The molecule has 5 rings (SSSR count). The average Bonchev–Trinajstić information content (AvgIpc) is 3.72. The molecule has 8 heteroatoms. The van der Waals surface area contributed by atoms with Crippen LogP contribution in [0.2, 0.25) is 0 Å². The van der Waals surface area contributed by atoms with Crippen LogP contribution < -0.4 is 10.2 Å². The van der Waals surface area contributed by atoms with Gasteiger partial charge in [0.15, 0.2) is 0 Å². The summed E-state index contributed by atoms with van der Waals surface area (Å²) in [4.78, 5) is 26.1. The first-order valence-corrected chi connectivity index (χ1v) is 12.7. The summed E-state index contributed by atoms with van der Waals surface area (Å²) in [5.74, 6) is -0.00299. The first-order chi connectivity index (χ1) is 15.4. The van der Waals surface area contributed by atoms with Crippen molar-refractivity contribution in [3.05, 3.63) is 59.7 Å². The van der Waals surface area contributed by atoms with Crippen LogP contribution in [0.25, 0.3) is 0 Å². The summed E-state index contributed by atoms with van der Waals surface area (Å²) >= 11 is 0. The number of sulfonamides is 1. The number of hydrogen-bond acceptors (Lipinski definition) is 4. The third-order valence-corrected chi connectivity index (χ3v) is 8.16. The van der Waals surface area contributed by atoms with Crippen molar-refractivity contribution in [2.75, 3.05) is 11.4 Å². The highest BCUT2D eigenvalue weighted by Crippen LogP contribution is 2.34. The van der Waals surface area contributed by atoms with E-state index < -0.39 is 10.0 Å². The smallest absolute Gasteiger partial charge is 0.251 e. The quantitative estimate of drug-likeness (QED) is 0.666. The molecule has 2 amide bonds. The highest BCUT2D eigenvalue weighted by atomic mass is 32.2. The van der Waals surface area contributed by atoms with Crippen molar-refractivity contribution >= 4 is 27.5 Å². The summed E-state index contributed by atoms with van der Waals surface area (Å²) in [6.45, 7) is 0.942. The van der Waals surface area contributed by atoms with Gasteiger partial charge in [-0.2, -0.15) is 4.31 Å². The minimum atomic E-state index is -3.67. The van der Waals surface area contributed by atoms with Crippen molar-refractivity contribution in [2.24, 2.45) is 0 Å². The monoisotopic (exact) mass is 453 g/mol.